The Morgan fingerprint density at radius 1 is 1.32 bits per heavy atom. The number of rotatable bonds is 3. The molecular weight excluding hydrogens is 250 g/mol. The van der Waals surface area contributed by atoms with Crippen molar-refractivity contribution < 1.29 is 13.6 Å². The van der Waals surface area contributed by atoms with E-state index in [4.69, 9.17) is 5.73 Å². The van der Waals surface area contributed by atoms with Crippen molar-refractivity contribution in [1.82, 2.24) is 4.90 Å². The minimum Gasteiger partial charge on any atom is -0.328 e. The minimum absolute atomic E-state index is 0.117. The number of halogens is 2. The summed E-state index contributed by atoms with van der Waals surface area (Å²) in [5.74, 6) is -2.36. The SMILES string of the molecule is Cc1ccc(C(=O)CN2CCC(N)CC2)c(F)c1F. The summed E-state index contributed by atoms with van der Waals surface area (Å²) in [5, 5.41) is 0. The van der Waals surface area contributed by atoms with Crippen LogP contribution in [0.1, 0.15) is 28.8 Å². The molecule has 1 aromatic carbocycles. The minimum atomic E-state index is -1.04. The zero-order valence-electron chi connectivity index (χ0n) is 11.0. The van der Waals surface area contributed by atoms with E-state index in [1.807, 2.05) is 4.90 Å². The van der Waals surface area contributed by atoms with Crippen LogP contribution in [0.4, 0.5) is 8.78 Å². The van der Waals surface area contributed by atoms with Crippen molar-refractivity contribution in [3.63, 3.8) is 0 Å². The molecule has 0 aromatic heterocycles. The lowest BCUT2D eigenvalue weighted by molar-refractivity contribution is 0.0905. The molecular formula is C14H18F2N2O. The number of hydrogen-bond donors (Lipinski definition) is 1. The summed E-state index contributed by atoms with van der Waals surface area (Å²) in [6.45, 7) is 3.04. The first-order valence-corrected chi connectivity index (χ1v) is 6.44. The van der Waals surface area contributed by atoms with Crippen LogP contribution >= 0.6 is 0 Å². The van der Waals surface area contributed by atoms with Crippen LogP contribution in [-0.4, -0.2) is 36.4 Å². The molecule has 0 radical (unpaired) electrons. The Hall–Kier alpha value is -1.33. The Kier molecular flexibility index (Phi) is 4.27. The van der Waals surface area contributed by atoms with Crippen LogP contribution in [0.5, 0.6) is 0 Å². The smallest absolute Gasteiger partial charge is 0.179 e. The molecule has 0 atom stereocenters. The fourth-order valence-corrected chi connectivity index (χ4v) is 2.26. The van der Waals surface area contributed by atoms with Gasteiger partial charge in [-0.3, -0.25) is 9.69 Å². The number of piperidine rings is 1. The maximum Gasteiger partial charge on any atom is 0.179 e. The highest BCUT2D eigenvalue weighted by Crippen LogP contribution is 2.17. The number of aryl methyl sites for hydroxylation is 1. The highest BCUT2D eigenvalue weighted by molar-refractivity contribution is 5.98. The summed E-state index contributed by atoms with van der Waals surface area (Å²) in [6.07, 6.45) is 1.66. The topological polar surface area (TPSA) is 46.3 Å². The normalized spacial score (nSPS) is 17.7. The molecule has 0 spiro atoms. The molecule has 0 aliphatic carbocycles. The maximum atomic E-state index is 13.7. The maximum absolute atomic E-state index is 13.7. The second-order valence-corrected chi connectivity index (χ2v) is 5.09. The molecule has 3 nitrogen and oxygen atoms in total. The number of Topliss-reactive ketones (excluding diaryl/α,β-unsaturated/α-hetero) is 1. The number of likely N-dealkylation sites (tertiary alicyclic amines) is 1. The molecule has 2 rings (SSSR count). The summed E-state index contributed by atoms with van der Waals surface area (Å²) in [6, 6.07) is 2.96. The average Bonchev–Trinajstić information content (AvgIpc) is 2.39. The van der Waals surface area contributed by atoms with Crippen LogP contribution in [0.2, 0.25) is 0 Å². The fourth-order valence-electron chi connectivity index (χ4n) is 2.26. The average molecular weight is 268 g/mol. The summed E-state index contributed by atoms with van der Waals surface area (Å²) in [7, 11) is 0. The molecule has 0 saturated carbocycles. The summed E-state index contributed by atoms with van der Waals surface area (Å²) in [4.78, 5) is 13.9. The van der Waals surface area contributed by atoms with Gasteiger partial charge >= 0.3 is 0 Å². The lowest BCUT2D eigenvalue weighted by Gasteiger charge is -2.29. The Balaban J connectivity index is 2.06. The molecule has 1 aromatic rings. The largest absolute Gasteiger partial charge is 0.328 e. The highest BCUT2D eigenvalue weighted by atomic mass is 19.2. The number of hydrogen-bond acceptors (Lipinski definition) is 3. The van der Waals surface area contributed by atoms with Gasteiger partial charge in [-0.25, -0.2) is 8.78 Å². The molecule has 1 aliphatic rings. The van der Waals surface area contributed by atoms with E-state index in [0.29, 0.717) is 0 Å². The lowest BCUT2D eigenvalue weighted by Crippen LogP contribution is -2.42. The second-order valence-electron chi connectivity index (χ2n) is 5.09. The monoisotopic (exact) mass is 268 g/mol. The molecule has 0 amide bonds. The zero-order valence-corrected chi connectivity index (χ0v) is 11.0. The number of nitrogens with zero attached hydrogens (tertiary/aromatic N) is 1. The van der Waals surface area contributed by atoms with E-state index in [-0.39, 0.29) is 29.5 Å². The molecule has 2 N–H and O–H groups in total. The van der Waals surface area contributed by atoms with Crippen molar-refractivity contribution in [2.75, 3.05) is 19.6 Å². The van der Waals surface area contributed by atoms with Crippen LogP contribution in [0.15, 0.2) is 12.1 Å². The molecule has 0 bridgehead atoms. The van der Waals surface area contributed by atoms with Crippen molar-refractivity contribution in [2.45, 2.75) is 25.8 Å². The first-order chi connectivity index (χ1) is 8.99. The number of ketones is 1. The quantitative estimate of drug-likeness (QED) is 0.851. The van der Waals surface area contributed by atoms with Gasteiger partial charge in [0.2, 0.25) is 0 Å². The summed E-state index contributed by atoms with van der Waals surface area (Å²) in [5.41, 5.74) is 5.82. The van der Waals surface area contributed by atoms with Crippen molar-refractivity contribution in [2.24, 2.45) is 5.73 Å². The molecule has 19 heavy (non-hydrogen) atoms. The zero-order chi connectivity index (χ0) is 14.0. The third kappa shape index (κ3) is 3.16. The van der Waals surface area contributed by atoms with E-state index in [1.165, 1.54) is 19.1 Å². The summed E-state index contributed by atoms with van der Waals surface area (Å²) < 4.78 is 27.1. The molecule has 1 fully saturated rings. The van der Waals surface area contributed by atoms with Crippen LogP contribution in [0.3, 0.4) is 0 Å². The van der Waals surface area contributed by atoms with E-state index in [2.05, 4.69) is 0 Å². The van der Waals surface area contributed by atoms with E-state index in [0.717, 1.165) is 25.9 Å². The van der Waals surface area contributed by atoms with Gasteiger partial charge in [-0.1, -0.05) is 6.07 Å². The molecule has 1 aliphatic heterocycles. The van der Waals surface area contributed by atoms with Gasteiger partial charge in [0.25, 0.3) is 0 Å². The van der Waals surface area contributed by atoms with Gasteiger partial charge in [0.05, 0.1) is 12.1 Å². The summed E-state index contributed by atoms with van der Waals surface area (Å²) >= 11 is 0. The Labute approximate surface area is 111 Å². The van der Waals surface area contributed by atoms with Crippen molar-refractivity contribution in [1.29, 1.82) is 0 Å². The van der Waals surface area contributed by atoms with Gasteiger partial charge in [-0.2, -0.15) is 0 Å². The fraction of sp³-hybridized carbons (Fsp3) is 0.500. The van der Waals surface area contributed by atoms with Gasteiger partial charge in [0.15, 0.2) is 17.4 Å². The van der Waals surface area contributed by atoms with Crippen LogP contribution < -0.4 is 5.73 Å². The number of nitrogens with two attached hydrogens (primary N) is 1. The number of carbonyl (C=O) groups excluding carboxylic acids is 1. The Bertz CT molecular complexity index is 483. The molecule has 5 heteroatoms. The van der Waals surface area contributed by atoms with Gasteiger partial charge in [0, 0.05) is 19.1 Å². The predicted octanol–water partition coefficient (Wildman–Crippen LogP) is 1.88. The first kappa shape index (κ1) is 14.1. The van der Waals surface area contributed by atoms with Crippen molar-refractivity contribution in [3.05, 3.63) is 34.9 Å². The van der Waals surface area contributed by atoms with E-state index >= 15 is 0 Å². The number of carbonyl (C=O) groups is 1. The van der Waals surface area contributed by atoms with Gasteiger partial charge in [-0.15, -0.1) is 0 Å². The predicted molar refractivity (Wildman–Crippen MR) is 69.1 cm³/mol. The number of benzene rings is 1. The standard InChI is InChI=1S/C14H18F2N2O/c1-9-2-3-11(14(16)13(9)15)12(19)8-18-6-4-10(17)5-7-18/h2-3,10H,4-8,17H2,1H3. The Morgan fingerprint density at radius 2 is 1.95 bits per heavy atom. The van der Waals surface area contributed by atoms with Crippen LogP contribution in [-0.2, 0) is 0 Å². The third-order valence-corrected chi connectivity index (χ3v) is 3.58. The van der Waals surface area contributed by atoms with Gasteiger partial charge in [0.1, 0.15) is 0 Å². The highest BCUT2D eigenvalue weighted by Gasteiger charge is 2.22. The molecule has 104 valence electrons. The van der Waals surface area contributed by atoms with Gasteiger partial charge in [-0.05, 0) is 31.4 Å². The Morgan fingerprint density at radius 3 is 2.58 bits per heavy atom. The first-order valence-electron chi connectivity index (χ1n) is 6.44. The van der Waals surface area contributed by atoms with Crippen LogP contribution in [0.25, 0.3) is 0 Å². The molecule has 1 saturated heterocycles. The van der Waals surface area contributed by atoms with E-state index in [9.17, 15) is 13.6 Å². The third-order valence-electron chi connectivity index (χ3n) is 3.58. The molecule has 1 heterocycles. The second kappa shape index (κ2) is 5.75. The van der Waals surface area contributed by atoms with Crippen LogP contribution in [0, 0.1) is 18.6 Å². The van der Waals surface area contributed by atoms with Crippen molar-refractivity contribution >= 4 is 5.78 Å². The lowest BCUT2D eigenvalue weighted by atomic mass is 10.0. The van der Waals surface area contributed by atoms with Crippen molar-refractivity contribution in [3.8, 4) is 0 Å². The van der Waals surface area contributed by atoms with E-state index in [1.54, 1.807) is 0 Å². The molecule has 0 unspecified atom stereocenters. The van der Waals surface area contributed by atoms with E-state index < -0.39 is 11.6 Å². The van der Waals surface area contributed by atoms with Gasteiger partial charge < -0.3 is 5.73 Å².